The van der Waals surface area contributed by atoms with Gasteiger partial charge in [0.15, 0.2) is 11.6 Å². The van der Waals surface area contributed by atoms with Crippen molar-refractivity contribution in [1.82, 2.24) is 24.3 Å². The van der Waals surface area contributed by atoms with Crippen molar-refractivity contribution in [2.75, 3.05) is 26.5 Å². The van der Waals surface area contributed by atoms with Crippen LogP contribution in [-0.2, 0) is 20.9 Å². The summed E-state index contributed by atoms with van der Waals surface area (Å²) in [6.07, 6.45) is 1.35. The van der Waals surface area contributed by atoms with Crippen LogP contribution in [-0.4, -0.2) is 81.5 Å². The lowest BCUT2D eigenvalue weighted by atomic mass is 10.1. The molecule has 0 aliphatic carbocycles. The van der Waals surface area contributed by atoms with Crippen molar-refractivity contribution in [2.24, 2.45) is 0 Å². The monoisotopic (exact) mass is 618 g/mol. The van der Waals surface area contributed by atoms with Gasteiger partial charge in [-0.1, -0.05) is 6.08 Å². The topological polar surface area (TPSA) is 174 Å². The number of carbonyl (C=O) groups is 4. The number of carbonyl (C=O) groups excluding carboxylic acids is 3. The molecule has 0 radical (unpaired) electrons. The first kappa shape index (κ1) is 33.2. The van der Waals surface area contributed by atoms with E-state index in [1.165, 1.54) is 35.4 Å². The molecule has 1 aromatic carbocycles. The second-order valence-corrected chi connectivity index (χ2v) is 9.93. The van der Waals surface area contributed by atoms with Crippen LogP contribution in [0.1, 0.15) is 32.5 Å². The van der Waals surface area contributed by atoms with Gasteiger partial charge in [-0.05, 0) is 44.9 Å². The van der Waals surface area contributed by atoms with Crippen molar-refractivity contribution in [3.05, 3.63) is 64.4 Å². The van der Waals surface area contributed by atoms with Gasteiger partial charge in [-0.3, -0.25) is 14.4 Å². The van der Waals surface area contributed by atoms with Crippen LogP contribution in [0.2, 0.25) is 0 Å². The van der Waals surface area contributed by atoms with E-state index in [1.807, 2.05) is 0 Å². The van der Waals surface area contributed by atoms with Crippen LogP contribution >= 0.6 is 0 Å². The van der Waals surface area contributed by atoms with Crippen molar-refractivity contribution < 1.29 is 42.5 Å². The number of nitrogens with one attached hydrogen (secondary N) is 2. The summed E-state index contributed by atoms with van der Waals surface area (Å²) >= 11 is 0. The van der Waals surface area contributed by atoms with E-state index in [0.717, 1.165) is 11.7 Å². The van der Waals surface area contributed by atoms with Gasteiger partial charge in [-0.25, -0.2) is 23.5 Å². The predicted molar refractivity (Wildman–Crippen MR) is 154 cm³/mol. The van der Waals surface area contributed by atoms with Crippen molar-refractivity contribution >= 4 is 40.7 Å². The predicted octanol–water partition coefficient (Wildman–Crippen LogP) is 2.93. The molecule has 16 heteroatoms. The number of allylic oxidation sites excluding steroid dienone is 1. The summed E-state index contributed by atoms with van der Waals surface area (Å²) in [5.41, 5.74) is -1.54. The van der Waals surface area contributed by atoms with E-state index in [1.54, 1.807) is 27.9 Å². The van der Waals surface area contributed by atoms with E-state index in [9.17, 15) is 37.9 Å². The highest BCUT2D eigenvalue weighted by molar-refractivity contribution is 5.96. The summed E-state index contributed by atoms with van der Waals surface area (Å²) in [5, 5.41) is 14.7. The number of aromatic nitrogens is 3. The van der Waals surface area contributed by atoms with Crippen LogP contribution in [0.5, 0.6) is 5.75 Å². The van der Waals surface area contributed by atoms with Crippen molar-refractivity contribution in [3.8, 4) is 5.75 Å². The summed E-state index contributed by atoms with van der Waals surface area (Å²) in [7, 11) is 4.26. The minimum Gasteiger partial charge on any atom is -0.486 e. The molecule has 3 amide bonds. The molecule has 0 fully saturated rings. The van der Waals surface area contributed by atoms with Crippen LogP contribution < -0.4 is 20.9 Å². The lowest BCUT2D eigenvalue weighted by Gasteiger charge is -2.17. The van der Waals surface area contributed by atoms with E-state index in [-0.39, 0.29) is 41.3 Å². The second kappa shape index (κ2) is 14.3. The van der Waals surface area contributed by atoms with E-state index >= 15 is 0 Å². The third-order valence-electron chi connectivity index (χ3n) is 6.12. The number of likely N-dealkylation sites (N-methyl/N-ethyl adjacent to an activating group) is 1. The Hall–Kier alpha value is -5.28. The Balaban J connectivity index is 1.92. The van der Waals surface area contributed by atoms with Crippen molar-refractivity contribution in [1.29, 1.82) is 0 Å². The number of rotatable bonds is 11. The summed E-state index contributed by atoms with van der Waals surface area (Å²) in [6.45, 7) is 2.67. The van der Waals surface area contributed by atoms with E-state index < -0.39 is 59.7 Å². The highest BCUT2D eigenvalue weighted by atomic mass is 19.2. The van der Waals surface area contributed by atoms with E-state index in [4.69, 9.17) is 4.74 Å². The Labute approximate surface area is 249 Å². The largest absolute Gasteiger partial charge is 0.486 e. The smallest absolute Gasteiger partial charge is 0.417 e. The number of alkyl carbamates (subject to hydrolysis) is 1. The molecule has 1 atom stereocenters. The first-order chi connectivity index (χ1) is 20.7. The molecule has 0 aliphatic heterocycles. The number of ether oxygens (including phenoxy) is 2. The van der Waals surface area contributed by atoms with Gasteiger partial charge >= 0.3 is 12.2 Å². The van der Waals surface area contributed by atoms with Gasteiger partial charge in [-0.2, -0.15) is 4.39 Å². The number of anilines is 1. The third-order valence-corrected chi connectivity index (χ3v) is 6.12. The molecular formula is C28H32F2N6O8. The molecule has 236 valence electrons. The third kappa shape index (κ3) is 7.76. The highest BCUT2D eigenvalue weighted by Crippen LogP contribution is 2.32. The number of methoxy groups -OCH3 is 1. The quantitative estimate of drug-likeness (QED) is 0.273. The molecule has 1 unspecified atom stereocenters. The molecule has 3 rings (SSSR count). The average Bonchev–Trinajstić information content (AvgIpc) is 3.31. The van der Waals surface area contributed by atoms with Crippen LogP contribution in [0.15, 0.2) is 41.3 Å². The molecule has 3 aromatic rings. The summed E-state index contributed by atoms with van der Waals surface area (Å²) < 4.78 is 40.5. The normalized spacial score (nSPS) is 11.9. The van der Waals surface area contributed by atoms with Crippen molar-refractivity contribution in [3.63, 3.8) is 0 Å². The molecule has 2 aromatic heterocycles. The molecule has 3 N–H and O–H groups in total. The minimum absolute atomic E-state index is 0.0513. The first-order valence-electron chi connectivity index (χ1n) is 13.3. The fourth-order valence-corrected chi connectivity index (χ4v) is 4.03. The van der Waals surface area contributed by atoms with E-state index in [2.05, 4.69) is 20.4 Å². The average molecular weight is 619 g/mol. The number of fused-ring (bicyclic) bond motifs is 1. The number of hydrogen-bond donors (Lipinski definition) is 3. The fourth-order valence-electron chi connectivity index (χ4n) is 4.03. The van der Waals surface area contributed by atoms with Gasteiger partial charge in [0.25, 0.3) is 5.56 Å². The van der Waals surface area contributed by atoms with E-state index in [0.29, 0.717) is 10.6 Å². The Morgan fingerprint density at radius 1 is 1.20 bits per heavy atom. The minimum atomic E-state index is -1.57. The second-order valence-electron chi connectivity index (χ2n) is 9.93. The Morgan fingerprint density at radius 2 is 1.91 bits per heavy atom. The number of halogens is 2. The molecule has 44 heavy (non-hydrogen) atoms. The van der Waals surface area contributed by atoms with Crippen LogP contribution in [0, 0.1) is 11.6 Å². The SMILES string of the molecule is COC(=O)NC(CCC=CC(=O)N(C)C)C(=O)Nc1cccn(Cc2nc3c(OC(C)C)c(F)c(F)cc3n2C(=O)O)c1=O. The Bertz CT molecular complexity index is 1660. The Morgan fingerprint density at radius 3 is 2.52 bits per heavy atom. The number of benzene rings is 1. The molecule has 0 saturated heterocycles. The maximum atomic E-state index is 14.6. The van der Waals surface area contributed by atoms with Gasteiger partial charge in [0.05, 0.1) is 25.3 Å². The number of pyridine rings is 1. The summed E-state index contributed by atoms with van der Waals surface area (Å²) in [5.74, 6) is -4.57. The standard InChI is InChI=1S/C28H32F2N6O8/c1-15(2)44-24-22(30)16(29)13-19-23(24)33-20(36(19)28(41)42)14-35-12-8-10-18(26(35)39)31-25(38)17(32-27(40)43-5)9-6-7-11-21(37)34(3)4/h7-8,10-13,15,17H,6,9,14H2,1-5H3,(H,31,38)(H,32,40)(H,41,42). The summed E-state index contributed by atoms with van der Waals surface area (Å²) in [6, 6.07) is 2.20. The molecule has 0 bridgehead atoms. The zero-order chi connectivity index (χ0) is 32.7. The molecule has 0 saturated carbocycles. The van der Waals surface area contributed by atoms with Crippen LogP contribution in [0.3, 0.4) is 0 Å². The zero-order valence-corrected chi connectivity index (χ0v) is 24.6. The maximum absolute atomic E-state index is 14.6. The summed E-state index contributed by atoms with van der Waals surface area (Å²) in [4.78, 5) is 67.6. The van der Waals surface area contributed by atoms with Crippen LogP contribution in [0.4, 0.5) is 24.1 Å². The fraction of sp³-hybridized carbons (Fsp3) is 0.357. The van der Waals surface area contributed by atoms with Crippen molar-refractivity contribution in [2.45, 2.75) is 45.4 Å². The molecule has 0 spiro atoms. The van der Waals surface area contributed by atoms with Gasteiger partial charge in [-0.15, -0.1) is 0 Å². The number of amides is 3. The van der Waals surface area contributed by atoms with Gasteiger partial charge in [0.1, 0.15) is 23.1 Å². The zero-order valence-electron chi connectivity index (χ0n) is 24.6. The lowest BCUT2D eigenvalue weighted by molar-refractivity contribution is -0.123. The molecule has 0 aliphatic rings. The van der Waals surface area contributed by atoms with Gasteiger partial charge in [0, 0.05) is 26.4 Å². The Kier molecular flexibility index (Phi) is 10.8. The number of nitrogens with zero attached hydrogens (tertiary/aromatic N) is 4. The number of hydrogen-bond acceptors (Lipinski definition) is 8. The maximum Gasteiger partial charge on any atom is 0.417 e. The van der Waals surface area contributed by atoms with Gasteiger partial charge in [0.2, 0.25) is 17.6 Å². The molecule has 2 heterocycles. The van der Waals surface area contributed by atoms with Crippen LogP contribution in [0.25, 0.3) is 11.0 Å². The lowest BCUT2D eigenvalue weighted by Crippen LogP contribution is -2.44. The number of carboxylic acid groups (broad SMARTS) is 1. The molecular weight excluding hydrogens is 586 g/mol. The number of imidazole rings is 1. The highest BCUT2D eigenvalue weighted by Gasteiger charge is 2.26. The molecule has 14 nitrogen and oxygen atoms in total. The first-order valence-corrected chi connectivity index (χ1v) is 13.3. The van der Waals surface area contributed by atoms with Gasteiger partial charge < -0.3 is 34.7 Å².